The molecule has 0 aliphatic carbocycles. The fourth-order valence-corrected chi connectivity index (χ4v) is 1.62. The highest BCUT2D eigenvalue weighted by molar-refractivity contribution is 5.90. The summed E-state index contributed by atoms with van der Waals surface area (Å²) in [4.78, 5) is 22.3. The molecule has 1 fully saturated rings. The number of ketones is 1. The van der Waals surface area contributed by atoms with Crippen LogP contribution in [0.15, 0.2) is 0 Å². The van der Waals surface area contributed by atoms with E-state index in [0.717, 1.165) is 0 Å². The van der Waals surface area contributed by atoms with Gasteiger partial charge in [0, 0.05) is 33.0 Å². The van der Waals surface area contributed by atoms with E-state index < -0.39 is 5.54 Å². The lowest BCUT2D eigenvalue weighted by Crippen LogP contribution is -2.56. The quantitative estimate of drug-likeness (QED) is 0.671. The summed E-state index contributed by atoms with van der Waals surface area (Å²) in [6, 6.07) is 0. The molecule has 0 bridgehead atoms. The summed E-state index contributed by atoms with van der Waals surface area (Å²) >= 11 is 0. The second-order valence-electron chi connectivity index (χ2n) is 3.43. The Labute approximate surface area is 77.6 Å². The van der Waals surface area contributed by atoms with Gasteiger partial charge in [0.1, 0.15) is 5.54 Å². The predicted octanol–water partition coefficient (Wildman–Crippen LogP) is 0.261. The average molecular weight is 185 g/mol. The third-order valence-electron chi connectivity index (χ3n) is 2.44. The summed E-state index contributed by atoms with van der Waals surface area (Å²) in [6.45, 7) is 4.03. The van der Waals surface area contributed by atoms with Crippen LogP contribution in [0.4, 0.5) is 0 Å². The highest BCUT2D eigenvalue weighted by atomic mass is 16.5. The number of amides is 1. The van der Waals surface area contributed by atoms with E-state index in [0.29, 0.717) is 26.1 Å². The lowest BCUT2D eigenvalue weighted by molar-refractivity contribution is -0.133. The van der Waals surface area contributed by atoms with Crippen molar-refractivity contribution >= 4 is 11.7 Å². The van der Waals surface area contributed by atoms with Crippen LogP contribution in [0, 0.1) is 0 Å². The Balaban J connectivity index is 2.73. The van der Waals surface area contributed by atoms with Gasteiger partial charge < -0.3 is 10.1 Å². The first-order chi connectivity index (χ1) is 6.07. The first kappa shape index (κ1) is 10.2. The molecule has 1 amide bonds. The number of ether oxygens (including phenoxy) is 1. The van der Waals surface area contributed by atoms with Crippen LogP contribution in [0.5, 0.6) is 0 Å². The second kappa shape index (κ2) is 3.87. The molecule has 13 heavy (non-hydrogen) atoms. The van der Waals surface area contributed by atoms with Gasteiger partial charge in [0.05, 0.1) is 0 Å². The van der Waals surface area contributed by atoms with Crippen LogP contribution in [0.3, 0.4) is 0 Å². The number of hydrogen-bond acceptors (Lipinski definition) is 3. The Morgan fingerprint density at radius 1 is 1.23 bits per heavy atom. The minimum absolute atomic E-state index is 0.0194. The van der Waals surface area contributed by atoms with Crippen LogP contribution < -0.4 is 5.32 Å². The molecule has 1 rings (SSSR count). The largest absolute Gasteiger partial charge is 0.381 e. The number of Topliss-reactive ketones (excluding diaryl/α,β-unsaturated/α-hetero) is 1. The fourth-order valence-electron chi connectivity index (χ4n) is 1.62. The van der Waals surface area contributed by atoms with Crippen molar-refractivity contribution in [2.24, 2.45) is 0 Å². The number of rotatable bonds is 2. The van der Waals surface area contributed by atoms with Gasteiger partial charge in [-0.05, 0) is 6.92 Å². The van der Waals surface area contributed by atoms with E-state index in [1.54, 1.807) is 0 Å². The first-order valence-corrected chi connectivity index (χ1v) is 4.44. The first-order valence-electron chi connectivity index (χ1n) is 4.44. The van der Waals surface area contributed by atoms with E-state index in [9.17, 15) is 9.59 Å². The van der Waals surface area contributed by atoms with E-state index in [-0.39, 0.29) is 11.7 Å². The molecule has 0 unspecified atom stereocenters. The van der Waals surface area contributed by atoms with Gasteiger partial charge >= 0.3 is 0 Å². The zero-order chi connectivity index (χ0) is 9.90. The summed E-state index contributed by atoms with van der Waals surface area (Å²) < 4.78 is 5.15. The molecule has 0 radical (unpaired) electrons. The SMILES string of the molecule is CC(=O)NC1(C(C)=O)CCOCC1. The molecule has 1 aliphatic heterocycles. The summed E-state index contributed by atoms with van der Waals surface area (Å²) in [5, 5.41) is 2.73. The number of nitrogens with one attached hydrogen (secondary N) is 1. The standard InChI is InChI=1S/C9H15NO3/c1-7(11)9(10-8(2)12)3-5-13-6-4-9/h3-6H2,1-2H3,(H,10,12). The Kier molecular flexibility index (Phi) is 3.03. The van der Waals surface area contributed by atoms with Crippen molar-refractivity contribution in [2.45, 2.75) is 32.2 Å². The molecule has 74 valence electrons. The minimum Gasteiger partial charge on any atom is -0.381 e. The molecule has 0 aromatic heterocycles. The molecule has 1 saturated heterocycles. The van der Waals surface area contributed by atoms with Gasteiger partial charge in [0.2, 0.25) is 5.91 Å². The van der Waals surface area contributed by atoms with Crippen molar-refractivity contribution in [2.75, 3.05) is 13.2 Å². The summed E-state index contributed by atoms with van der Waals surface area (Å²) in [6.07, 6.45) is 1.17. The van der Waals surface area contributed by atoms with Crippen molar-refractivity contribution in [3.05, 3.63) is 0 Å². The normalized spacial score (nSPS) is 20.8. The molecular formula is C9H15NO3. The Hall–Kier alpha value is -0.900. The highest BCUT2D eigenvalue weighted by Crippen LogP contribution is 2.21. The summed E-state index contributed by atoms with van der Waals surface area (Å²) in [7, 11) is 0. The molecule has 1 N–H and O–H groups in total. The zero-order valence-electron chi connectivity index (χ0n) is 8.05. The summed E-state index contributed by atoms with van der Waals surface area (Å²) in [5.74, 6) is -0.136. The van der Waals surface area contributed by atoms with E-state index in [1.165, 1.54) is 13.8 Å². The lowest BCUT2D eigenvalue weighted by Gasteiger charge is -2.35. The minimum atomic E-state index is -0.663. The molecular weight excluding hydrogens is 170 g/mol. The zero-order valence-corrected chi connectivity index (χ0v) is 8.05. The molecule has 0 saturated carbocycles. The molecule has 0 spiro atoms. The molecule has 1 aliphatic rings. The number of carbonyl (C=O) groups excluding carboxylic acids is 2. The van der Waals surface area contributed by atoms with Gasteiger partial charge in [-0.15, -0.1) is 0 Å². The fraction of sp³-hybridized carbons (Fsp3) is 0.778. The predicted molar refractivity (Wildman–Crippen MR) is 47.3 cm³/mol. The average Bonchev–Trinajstić information content (AvgIpc) is 2.04. The van der Waals surface area contributed by atoms with Crippen molar-refractivity contribution < 1.29 is 14.3 Å². The van der Waals surface area contributed by atoms with Crippen LogP contribution in [0.1, 0.15) is 26.7 Å². The maximum absolute atomic E-state index is 11.4. The molecule has 0 atom stereocenters. The molecule has 0 aromatic rings. The summed E-state index contributed by atoms with van der Waals surface area (Å²) in [5.41, 5.74) is -0.663. The van der Waals surface area contributed by atoms with Gasteiger partial charge in [0.25, 0.3) is 0 Å². The third kappa shape index (κ3) is 2.28. The van der Waals surface area contributed by atoms with Gasteiger partial charge in [-0.2, -0.15) is 0 Å². The smallest absolute Gasteiger partial charge is 0.217 e. The Bertz CT molecular complexity index is 219. The maximum Gasteiger partial charge on any atom is 0.217 e. The lowest BCUT2D eigenvalue weighted by atomic mass is 9.86. The van der Waals surface area contributed by atoms with Crippen molar-refractivity contribution in [1.29, 1.82) is 0 Å². The van der Waals surface area contributed by atoms with E-state index in [1.807, 2.05) is 0 Å². The van der Waals surface area contributed by atoms with Crippen molar-refractivity contribution in [1.82, 2.24) is 5.32 Å². The maximum atomic E-state index is 11.4. The van der Waals surface area contributed by atoms with E-state index in [2.05, 4.69) is 5.32 Å². The monoisotopic (exact) mass is 185 g/mol. The second-order valence-corrected chi connectivity index (χ2v) is 3.43. The molecule has 0 aromatic carbocycles. The van der Waals surface area contributed by atoms with Gasteiger partial charge in [-0.3, -0.25) is 9.59 Å². The van der Waals surface area contributed by atoms with E-state index >= 15 is 0 Å². The van der Waals surface area contributed by atoms with Gasteiger partial charge in [0.15, 0.2) is 5.78 Å². The third-order valence-corrected chi connectivity index (χ3v) is 2.44. The van der Waals surface area contributed by atoms with Crippen LogP contribution in [0.25, 0.3) is 0 Å². The highest BCUT2D eigenvalue weighted by Gasteiger charge is 2.37. The topological polar surface area (TPSA) is 55.4 Å². The van der Waals surface area contributed by atoms with Crippen molar-refractivity contribution in [3.8, 4) is 0 Å². The Morgan fingerprint density at radius 2 is 1.77 bits per heavy atom. The van der Waals surface area contributed by atoms with E-state index in [4.69, 9.17) is 4.74 Å². The Morgan fingerprint density at radius 3 is 2.15 bits per heavy atom. The van der Waals surface area contributed by atoms with Crippen LogP contribution in [0.2, 0.25) is 0 Å². The number of hydrogen-bond donors (Lipinski definition) is 1. The molecule has 4 heteroatoms. The molecule has 1 heterocycles. The number of carbonyl (C=O) groups is 2. The van der Waals surface area contributed by atoms with Crippen LogP contribution >= 0.6 is 0 Å². The molecule has 4 nitrogen and oxygen atoms in total. The van der Waals surface area contributed by atoms with Crippen LogP contribution in [-0.4, -0.2) is 30.4 Å². The van der Waals surface area contributed by atoms with Gasteiger partial charge in [-0.1, -0.05) is 0 Å². The van der Waals surface area contributed by atoms with Crippen LogP contribution in [-0.2, 0) is 14.3 Å². The van der Waals surface area contributed by atoms with Crippen molar-refractivity contribution in [3.63, 3.8) is 0 Å². The van der Waals surface area contributed by atoms with Gasteiger partial charge in [-0.25, -0.2) is 0 Å².